The molecular formula is C25H31ClN4O5S2. The molecule has 0 aliphatic heterocycles. The lowest BCUT2D eigenvalue weighted by Gasteiger charge is -2.34. The summed E-state index contributed by atoms with van der Waals surface area (Å²) >= 11 is 6.91. The minimum atomic E-state index is -3.91. The quantitative estimate of drug-likeness (QED) is 0.391. The first-order valence-corrected chi connectivity index (χ1v) is 14.4. The van der Waals surface area contributed by atoms with Crippen molar-refractivity contribution in [2.24, 2.45) is 0 Å². The Balaban J connectivity index is 1.91. The summed E-state index contributed by atoms with van der Waals surface area (Å²) in [5.41, 5.74) is 0.214. The van der Waals surface area contributed by atoms with Crippen molar-refractivity contribution in [1.82, 2.24) is 15.0 Å². The molecule has 9 nitrogen and oxygen atoms in total. The molecule has 1 aliphatic carbocycles. The third kappa shape index (κ3) is 7.41. The van der Waals surface area contributed by atoms with E-state index in [-0.39, 0.29) is 23.3 Å². The minimum Gasteiger partial charge on any atom is -0.448 e. The van der Waals surface area contributed by atoms with E-state index in [2.05, 4.69) is 20.3 Å². The molecular weight excluding hydrogens is 536 g/mol. The first kappa shape index (κ1) is 28.8. The number of hydrogen-bond acceptors (Lipinski definition) is 7. The van der Waals surface area contributed by atoms with E-state index in [0.717, 1.165) is 10.4 Å². The Kier molecular flexibility index (Phi) is 8.84. The normalized spacial score (nSPS) is 18.0. The van der Waals surface area contributed by atoms with Gasteiger partial charge in [0.15, 0.2) is 0 Å². The van der Waals surface area contributed by atoms with Crippen LogP contribution in [-0.2, 0) is 25.0 Å². The molecule has 1 atom stereocenters. The number of carbonyl (C=O) groups excluding carboxylic acids is 2. The number of rotatable bonds is 8. The van der Waals surface area contributed by atoms with E-state index >= 15 is 0 Å². The standard InChI is InChI=1S/C25H31ClN4O5S2/c1-16(31)28-19-10-11-25(5,21(14-19)37(33,34)30-24(2,3)4)20-15-27-22(36-20)17-6-8-18(9-7-17)29-23(32)35-13-12-26/h6-10,14-15,30H,11-13H2,1-5H3,(H,28,31)(H,29,32). The molecule has 12 heteroatoms. The highest BCUT2D eigenvalue weighted by molar-refractivity contribution is 7.93. The molecule has 0 spiro atoms. The fraction of sp³-hybridized carbons (Fsp3) is 0.400. The zero-order valence-corrected chi connectivity index (χ0v) is 23.7. The zero-order valence-electron chi connectivity index (χ0n) is 21.3. The van der Waals surface area contributed by atoms with Crippen molar-refractivity contribution in [2.45, 2.75) is 52.0 Å². The molecule has 200 valence electrons. The number of sulfonamides is 1. The van der Waals surface area contributed by atoms with Gasteiger partial charge in [0, 0.05) is 45.9 Å². The molecule has 1 aliphatic rings. The van der Waals surface area contributed by atoms with Crippen molar-refractivity contribution >= 4 is 50.6 Å². The second kappa shape index (κ2) is 11.3. The van der Waals surface area contributed by atoms with Gasteiger partial charge in [-0.15, -0.1) is 22.9 Å². The molecule has 0 saturated carbocycles. The maximum absolute atomic E-state index is 13.5. The third-order valence-corrected chi connectivity index (χ3v) is 8.84. The van der Waals surface area contributed by atoms with Gasteiger partial charge in [0.25, 0.3) is 0 Å². The topological polar surface area (TPSA) is 126 Å². The van der Waals surface area contributed by atoms with Gasteiger partial charge in [0.05, 0.1) is 10.8 Å². The molecule has 0 fully saturated rings. The van der Waals surface area contributed by atoms with E-state index < -0.39 is 27.1 Å². The van der Waals surface area contributed by atoms with Gasteiger partial charge < -0.3 is 10.1 Å². The summed E-state index contributed by atoms with van der Waals surface area (Å²) in [6, 6.07) is 7.08. The lowest BCUT2D eigenvalue weighted by atomic mass is 9.81. The number of nitrogens with one attached hydrogen (secondary N) is 3. The average Bonchev–Trinajstić information content (AvgIpc) is 3.29. The van der Waals surface area contributed by atoms with Gasteiger partial charge in [-0.1, -0.05) is 6.08 Å². The molecule has 37 heavy (non-hydrogen) atoms. The highest BCUT2D eigenvalue weighted by atomic mass is 35.5. The summed E-state index contributed by atoms with van der Waals surface area (Å²) in [7, 11) is -3.91. The Morgan fingerprint density at radius 2 is 1.86 bits per heavy atom. The minimum absolute atomic E-state index is 0.116. The van der Waals surface area contributed by atoms with E-state index in [4.69, 9.17) is 16.3 Å². The summed E-state index contributed by atoms with van der Waals surface area (Å²) in [6.45, 7) is 8.68. The number of alkyl halides is 1. The molecule has 1 aromatic carbocycles. The van der Waals surface area contributed by atoms with Gasteiger partial charge in [0.1, 0.15) is 11.6 Å². The van der Waals surface area contributed by atoms with Crippen LogP contribution in [0, 0.1) is 0 Å². The summed E-state index contributed by atoms with van der Waals surface area (Å²) in [4.78, 5) is 28.8. The maximum atomic E-state index is 13.5. The van der Waals surface area contributed by atoms with Crippen molar-refractivity contribution in [3.05, 3.63) is 58.1 Å². The largest absolute Gasteiger partial charge is 0.448 e. The number of nitrogens with zero attached hydrogens (tertiary/aromatic N) is 1. The number of amides is 2. The van der Waals surface area contributed by atoms with Crippen molar-refractivity contribution in [3.8, 4) is 10.6 Å². The molecule has 1 heterocycles. The lowest BCUT2D eigenvalue weighted by Crippen LogP contribution is -2.45. The highest BCUT2D eigenvalue weighted by Gasteiger charge is 2.42. The number of anilines is 1. The number of benzene rings is 1. The number of hydrogen-bond donors (Lipinski definition) is 3. The van der Waals surface area contributed by atoms with Gasteiger partial charge >= 0.3 is 6.09 Å². The van der Waals surface area contributed by atoms with Crippen LogP contribution in [0.5, 0.6) is 0 Å². The second-order valence-electron chi connectivity index (χ2n) is 9.80. The fourth-order valence-corrected chi connectivity index (χ4v) is 6.98. The first-order valence-electron chi connectivity index (χ1n) is 11.5. The van der Waals surface area contributed by atoms with E-state index in [1.807, 2.05) is 25.1 Å². The SMILES string of the molecule is CC(=O)NC1=CCC(C)(c2cnc(-c3ccc(NC(=O)OCCCl)cc3)s2)C(S(=O)(=O)NC(C)(C)C)=C1. The van der Waals surface area contributed by atoms with Crippen LogP contribution in [0.2, 0.25) is 0 Å². The molecule has 2 amide bonds. The van der Waals surface area contributed by atoms with Crippen LogP contribution in [0.15, 0.2) is 53.2 Å². The number of carbonyl (C=O) groups is 2. The van der Waals surface area contributed by atoms with Crippen molar-refractivity contribution in [1.29, 1.82) is 0 Å². The summed E-state index contributed by atoms with van der Waals surface area (Å²) in [5.74, 6) is -0.0658. The molecule has 0 bridgehead atoms. The molecule has 3 rings (SSSR count). The monoisotopic (exact) mass is 566 g/mol. The second-order valence-corrected chi connectivity index (χ2v) is 12.9. The van der Waals surface area contributed by atoms with Crippen LogP contribution >= 0.6 is 22.9 Å². The predicted octanol–water partition coefficient (Wildman–Crippen LogP) is 4.88. The van der Waals surface area contributed by atoms with Crippen LogP contribution in [0.1, 0.15) is 45.9 Å². The van der Waals surface area contributed by atoms with Crippen LogP contribution < -0.4 is 15.4 Å². The predicted molar refractivity (Wildman–Crippen MR) is 147 cm³/mol. The summed E-state index contributed by atoms with van der Waals surface area (Å²) in [5, 5.41) is 6.01. The van der Waals surface area contributed by atoms with Crippen LogP contribution in [0.3, 0.4) is 0 Å². The number of ether oxygens (including phenoxy) is 1. The maximum Gasteiger partial charge on any atom is 0.411 e. The summed E-state index contributed by atoms with van der Waals surface area (Å²) < 4.78 is 34.6. The fourth-order valence-electron chi connectivity index (χ4n) is 3.76. The number of halogens is 1. The molecule has 2 aromatic rings. The van der Waals surface area contributed by atoms with Gasteiger partial charge in [-0.2, -0.15) is 0 Å². The van der Waals surface area contributed by atoms with E-state index in [1.54, 1.807) is 39.1 Å². The summed E-state index contributed by atoms with van der Waals surface area (Å²) in [6.07, 6.45) is 4.79. The van der Waals surface area contributed by atoms with Crippen LogP contribution in [-0.4, -0.2) is 43.4 Å². The number of aromatic nitrogens is 1. The van der Waals surface area contributed by atoms with E-state index in [9.17, 15) is 18.0 Å². The van der Waals surface area contributed by atoms with E-state index in [1.165, 1.54) is 24.3 Å². The Hall–Kier alpha value is -2.73. The lowest BCUT2D eigenvalue weighted by molar-refractivity contribution is -0.118. The molecule has 1 unspecified atom stereocenters. The smallest absolute Gasteiger partial charge is 0.411 e. The average molecular weight is 567 g/mol. The molecule has 3 N–H and O–H groups in total. The van der Waals surface area contributed by atoms with E-state index in [0.29, 0.717) is 22.8 Å². The first-order chi connectivity index (χ1) is 17.2. The molecule has 1 aromatic heterocycles. The Morgan fingerprint density at radius 3 is 2.46 bits per heavy atom. The molecule has 0 saturated heterocycles. The highest BCUT2D eigenvalue weighted by Crippen LogP contribution is 2.45. The number of thiazole rings is 1. The van der Waals surface area contributed by atoms with Crippen LogP contribution in [0.4, 0.5) is 10.5 Å². The van der Waals surface area contributed by atoms with Crippen LogP contribution in [0.25, 0.3) is 10.6 Å². The van der Waals surface area contributed by atoms with Crippen molar-refractivity contribution < 1.29 is 22.7 Å². The Morgan fingerprint density at radius 1 is 1.19 bits per heavy atom. The Labute approximate surface area is 226 Å². The Bertz CT molecular complexity index is 1330. The van der Waals surface area contributed by atoms with Crippen molar-refractivity contribution in [2.75, 3.05) is 17.8 Å². The van der Waals surface area contributed by atoms with Gasteiger partial charge in [0.2, 0.25) is 15.9 Å². The number of allylic oxidation sites excluding steroid dienone is 3. The molecule has 0 radical (unpaired) electrons. The van der Waals surface area contributed by atoms with Gasteiger partial charge in [-0.05, 0) is 64.5 Å². The van der Waals surface area contributed by atoms with Gasteiger partial charge in [-0.25, -0.2) is 22.9 Å². The van der Waals surface area contributed by atoms with Crippen molar-refractivity contribution in [3.63, 3.8) is 0 Å². The zero-order chi connectivity index (χ0) is 27.4. The van der Waals surface area contributed by atoms with Gasteiger partial charge in [-0.3, -0.25) is 10.1 Å². The third-order valence-electron chi connectivity index (χ3n) is 5.35.